The maximum atomic E-state index is 5.77. The summed E-state index contributed by atoms with van der Waals surface area (Å²) in [5.41, 5.74) is 7.70. The van der Waals surface area contributed by atoms with Crippen molar-refractivity contribution in [2.45, 2.75) is 17.0 Å². The third kappa shape index (κ3) is 2.30. The normalized spacial score (nSPS) is 10.5. The van der Waals surface area contributed by atoms with Crippen LogP contribution in [0.3, 0.4) is 0 Å². The van der Waals surface area contributed by atoms with Crippen molar-refractivity contribution >= 4 is 17.4 Å². The van der Waals surface area contributed by atoms with E-state index in [0.717, 1.165) is 21.3 Å². The topological polar surface area (TPSA) is 56.7 Å². The van der Waals surface area contributed by atoms with Gasteiger partial charge >= 0.3 is 0 Å². The van der Waals surface area contributed by atoms with Crippen LogP contribution >= 0.6 is 11.8 Å². The SMILES string of the molecule is Cc1cc(N)cc(Sc2ncnn2C)c1. The van der Waals surface area contributed by atoms with Gasteiger partial charge in [0.1, 0.15) is 6.33 Å². The van der Waals surface area contributed by atoms with Crippen LogP contribution in [-0.2, 0) is 7.05 Å². The first-order chi connectivity index (χ1) is 7.15. The number of nitrogens with two attached hydrogens (primary N) is 1. The monoisotopic (exact) mass is 220 g/mol. The molecule has 1 aromatic carbocycles. The number of nitrogen functional groups attached to an aromatic ring is 1. The zero-order chi connectivity index (χ0) is 10.8. The summed E-state index contributed by atoms with van der Waals surface area (Å²) in [5, 5.41) is 4.87. The smallest absolute Gasteiger partial charge is 0.190 e. The van der Waals surface area contributed by atoms with Crippen LogP contribution < -0.4 is 5.73 Å². The molecule has 15 heavy (non-hydrogen) atoms. The van der Waals surface area contributed by atoms with Crippen LogP contribution in [0, 0.1) is 6.92 Å². The molecule has 5 heteroatoms. The van der Waals surface area contributed by atoms with E-state index < -0.39 is 0 Å². The van der Waals surface area contributed by atoms with Gasteiger partial charge in [-0.2, -0.15) is 5.10 Å². The highest BCUT2D eigenvalue weighted by molar-refractivity contribution is 7.99. The number of aryl methyl sites for hydroxylation is 2. The molecule has 78 valence electrons. The van der Waals surface area contributed by atoms with Crippen molar-refractivity contribution in [1.82, 2.24) is 14.8 Å². The van der Waals surface area contributed by atoms with E-state index in [4.69, 9.17) is 5.73 Å². The second-order valence-corrected chi connectivity index (χ2v) is 4.39. The maximum absolute atomic E-state index is 5.77. The van der Waals surface area contributed by atoms with Gasteiger partial charge in [0.25, 0.3) is 0 Å². The Morgan fingerprint density at radius 1 is 1.33 bits per heavy atom. The molecule has 0 amide bonds. The molecule has 0 saturated carbocycles. The van der Waals surface area contributed by atoms with Crippen molar-refractivity contribution in [3.8, 4) is 0 Å². The van der Waals surface area contributed by atoms with Crippen molar-refractivity contribution in [1.29, 1.82) is 0 Å². The average Bonchev–Trinajstić information content (AvgIpc) is 2.50. The highest BCUT2D eigenvalue weighted by atomic mass is 32.2. The molecule has 0 aliphatic carbocycles. The van der Waals surface area contributed by atoms with Crippen LogP contribution in [0.1, 0.15) is 5.56 Å². The third-order valence-electron chi connectivity index (χ3n) is 1.95. The number of anilines is 1. The number of hydrogen-bond donors (Lipinski definition) is 1. The Kier molecular flexibility index (Phi) is 2.64. The molecular weight excluding hydrogens is 208 g/mol. The molecule has 0 atom stereocenters. The summed E-state index contributed by atoms with van der Waals surface area (Å²) in [6.07, 6.45) is 1.54. The van der Waals surface area contributed by atoms with Gasteiger partial charge in [-0.05, 0) is 30.7 Å². The van der Waals surface area contributed by atoms with E-state index in [1.54, 1.807) is 22.8 Å². The van der Waals surface area contributed by atoms with Crippen LogP contribution in [0.5, 0.6) is 0 Å². The lowest BCUT2D eigenvalue weighted by Crippen LogP contribution is -1.93. The maximum Gasteiger partial charge on any atom is 0.190 e. The Balaban J connectivity index is 2.28. The molecule has 1 heterocycles. The number of benzene rings is 1. The summed E-state index contributed by atoms with van der Waals surface area (Å²) >= 11 is 1.56. The van der Waals surface area contributed by atoms with E-state index in [1.165, 1.54) is 0 Å². The fourth-order valence-corrected chi connectivity index (χ4v) is 2.25. The molecule has 0 radical (unpaired) electrons. The molecule has 2 rings (SSSR count). The van der Waals surface area contributed by atoms with E-state index in [9.17, 15) is 0 Å². The van der Waals surface area contributed by atoms with Crippen molar-refractivity contribution in [2.24, 2.45) is 7.05 Å². The summed E-state index contributed by atoms with van der Waals surface area (Å²) in [5.74, 6) is 0. The number of rotatable bonds is 2. The van der Waals surface area contributed by atoms with Crippen molar-refractivity contribution in [3.63, 3.8) is 0 Å². The molecule has 0 unspecified atom stereocenters. The van der Waals surface area contributed by atoms with Gasteiger partial charge in [0.15, 0.2) is 5.16 Å². The molecule has 0 bridgehead atoms. The predicted molar refractivity (Wildman–Crippen MR) is 60.7 cm³/mol. The van der Waals surface area contributed by atoms with E-state index in [-0.39, 0.29) is 0 Å². The first-order valence-electron chi connectivity index (χ1n) is 4.54. The predicted octanol–water partition coefficient (Wildman–Crippen LogP) is 1.86. The first kappa shape index (κ1) is 10.0. The van der Waals surface area contributed by atoms with Crippen molar-refractivity contribution in [3.05, 3.63) is 30.1 Å². The fraction of sp³-hybridized carbons (Fsp3) is 0.200. The molecule has 0 aliphatic heterocycles. The van der Waals surface area contributed by atoms with Crippen LogP contribution in [-0.4, -0.2) is 14.8 Å². The summed E-state index contributed by atoms with van der Waals surface area (Å²) in [7, 11) is 1.87. The molecule has 2 aromatic rings. The second-order valence-electron chi connectivity index (χ2n) is 3.35. The fourth-order valence-electron chi connectivity index (χ4n) is 1.32. The number of hydrogen-bond acceptors (Lipinski definition) is 4. The largest absolute Gasteiger partial charge is 0.399 e. The highest BCUT2D eigenvalue weighted by Gasteiger charge is 2.04. The second kappa shape index (κ2) is 3.94. The standard InChI is InChI=1S/C10H12N4S/c1-7-3-8(11)5-9(4-7)15-10-12-6-13-14(10)2/h3-6H,11H2,1-2H3. The van der Waals surface area contributed by atoms with E-state index >= 15 is 0 Å². The van der Waals surface area contributed by atoms with Crippen LogP contribution in [0.25, 0.3) is 0 Å². The number of aromatic nitrogens is 3. The first-order valence-corrected chi connectivity index (χ1v) is 5.36. The van der Waals surface area contributed by atoms with Gasteiger partial charge in [-0.25, -0.2) is 9.67 Å². The Bertz CT molecular complexity index is 458. The molecule has 0 aliphatic rings. The quantitative estimate of drug-likeness (QED) is 0.785. The average molecular weight is 220 g/mol. The Labute approximate surface area is 92.5 Å². The van der Waals surface area contributed by atoms with Gasteiger partial charge in [0.2, 0.25) is 0 Å². The van der Waals surface area contributed by atoms with Gasteiger partial charge < -0.3 is 5.73 Å². The van der Waals surface area contributed by atoms with Gasteiger partial charge in [-0.3, -0.25) is 0 Å². The summed E-state index contributed by atoms with van der Waals surface area (Å²) in [4.78, 5) is 5.23. The third-order valence-corrected chi connectivity index (χ3v) is 2.98. The Hall–Kier alpha value is -1.49. The van der Waals surface area contributed by atoms with Gasteiger partial charge in [-0.15, -0.1) is 0 Å². The molecule has 2 N–H and O–H groups in total. The Morgan fingerprint density at radius 3 is 2.73 bits per heavy atom. The van der Waals surface area contributed by atoms with Crippen LogP contribution in [0.2, 0.25) is 0 Å². The van der Waals surface area contributed by atoms with Gasteiger partial charge in [-0.1, -0.05) is 11.8 Å². The molecule has 4 nitrogen and oxygen atoms in total. The number of nitrogens with zero attached hydrogens (tertiary/aromatic N) is 3. The van der Waals surface area contributed by atoms with Crippen LogP contribution in [0.4, 0.5) is 5.69 Å². The van der Waals surface area contributed by atoms with E-state index in [1.807, 2.05) is 26.1 Å². The summed E-state index contributed by atoms with van der Waals surface area (Å²) in [6, 6.07) is 5.96. The van der Waals surface area contributed by atoms with Gasteiger partial charge in [0.05, 0.1) is 0 Å². The molecule has 0 saturated heterocycles. The summed E-state index contributed by atoms with van der Waals surface area (Å²) < 4.78 is 1.74. The van der Waals surface area contributed by atoms with E-state index in [2.05, 4.69) is 16.1 Å². The molecule has 0 spiro atoms. The van der Waals surface area contributed by atoms with E-state index in [0.29, 0.717) is 0 Å². The Morgan fingerprint density at radius 2 is 2.13 bits per heavy atom. The lowest BCUT2D eigenvalue weighted by molar-refractivity contribution is 0.685. The summed E-state index contributed by atoms with van der Waals surface area (Å²) in [6.45, 7) is 2.02. The lowest BCUT2D eigenvalue weighted by Gasteiger charge is -2.03. The molecule has 1 aromatic heterocycles. The zero-order valence-corrected chi connectivity index (χ0v) is 9.45. The molecule has 0 fully saturated rings. The lowest BCUT2D eigenvalue weighted by atomic mass is 10.2. The van der Waals surface area contributed by atoms with Crippen molar-refractivity contribution in [2.75, 3.05) is 5.73 Å². The van der Waals surface area contributed by atoms with Gasteiger partial charge in [0, 0.05) is 17.6 Å². The minimum absolute atomic E-state index is 0.777. The molecular formula is C10H12N4S. The zero-order valence-electron chi connectivity index (χ0n) is 8.64. The van der Waals surface area contributed by atoms with Crippen molar-refractivity contribution < 1.29 is 0 Å². The van der Waals surface area contributed by atoms with Crippen LogP contribution in [0.15, 0.2) is 34.6 Å². The minimum Gasteiger partial charge on any atom is -0.399 e. The highest BCUT2D eigenvalue weighted by Crippen LogP contribution is 2.27. The minimum atomic E-state index is 0.777.